The largest absolute Gasteiger partial charge is 0.505 e. The summed E-state index contributed by atoms with van der Waals surface area (Å²) in [6.07, 6.45) is 5.60. The monoisotopic (exact) mass is 354 g/mol. The molecule has 0 aliphatic carbocycles. The van der Waals surface area contributed by atoms with Crippen LogP contribution < -0.4 is 0 Å². The van der Waals surface area contributed by atoms with Crippen molar-refractivity contribution in [3.05, 3.63) is 63.5 Å². The Hall–Kier alpha value is -2.20. The van der Waals surface area contributed by atoms with Gasteiger partial charge in [-0.1, -0.05) is 24.3 Å². The summed E-state index contributed by atoms with van der Waals surface area (Å²) in [5, 5.41) is 11.2. The molecule has 0 unspecified atom stereocenters. The molecule has 0 amide bonds. The average Bonchev–Trinajstić information content (AvgIpc) is 2.52. The zero-order valence-corrected chi connectivity index (χ0v) is 13.9. The van der Waals surface area contributed by atoms with Crippen LogP contribution >= 0.6 is 15.9 Å². The van der Waals surface area contributed by atoms with E-state index in [2.05, 4.69) is 25.9 Å². The Labute approximate surface area is 137 Å². The van der Waals surface area contributed by atoms with Gasteiger partial charge in [0.15, 0.2) is 0 Å². The molecule has 0 spiro atoms. The second kappa shape index (κ2) is 5.89. The quantitative estimate of drug-likeness (QED) is 0.666. The molecule has 0 atom stereocenters. The number of halogens is 1. The lowest BCUT2D eigenvalue weighted by molar-refractivity contribution is 0.476. The maximum atomic E-state index is 10.2. The molecule has 2 heterocycles. The van der Waals surface area contributed by atoms with Gasteiger partial charge >= 0.3 is 0 Å². The minimum absolute atomic E-state index is 0.249. The maximum absolute atomic E-state index is 10.2. The molecule has 4 heteroatoms. The molecule has 1 aromatic carbocycles. The number of aromatic nitrogens is 2. The van der Waals surface area contributed by atoms with Gasteiger partial charge in [0, 0.05) is 17.1 Å². The number of nitrogens with zero attached hydrogens (tertiary/aromatic N) is 2. The number of pyridine rings is 2. The molecule has 2 aromatic heterocycles. The van der Waals surface area contributed by atoms with Crippen molar-refractivity contribution in [2.75, 3.05) is 0 Å². The number of fused-ring (bicyclic) bond motifs is 1. The Morgan fingerprint density at radius 3 is 2.68 bits per heavy atom. The molecular formula is C18H15BrN2O. The molecule has 22 heavy (non-hydrogen) atoms. The zero-order valence-electron chi connectivity index (χ0n) is 12.3. The van der Waals surface area contributed by atoms with Gasteiger partial charge < -0.3 is 5.11 Å². The second-order valence-corrected chi connectivity index (χ2v) is 5.96. The van der Waals surface area contributed by atoms with Gasteiger partial charge in [0.05, 0.1) is 5.69 Å². The van der Waals surface area contributed by atoms with Crippen LogP contribution in [0.1, 0.15) is 22.4 Å². The van der Waals surface area contributed by atoms with Crippen LogP contribution in [0.4, 0.5) is 0 Å². The van der Waals surface area contributed by atoms with E-state index in [-0.39, 0.29) is 5.75 Å². The lowest BCUT2D eigenvalue weighted by Gasteiger charge is -2.08. The molecule has 3 rings (SSSR count). The van der Waals surface area contributed by atoms with E-state index in [1.807, 2.05) is 56.3 Å². The van der Waals surface area contributed by atoms with Crippen molar-refractivity contribution in [3.63, 3.8) is 0 Å². The predicted molar refractivity (Wildman–Crippen MR) is 93.7 cm³/mol. The fourth-order valence-corrected chi connectivity index (χ4v) is 2.80. The standard InChI is InChI=1S/C18H15BrN2O/c1-11-10-12(2)17(22)16-15(11)8-7-14(21-16)6-5-13-4-3-9-20-18(13)19/h3-10,22H,1-2H3. The molecule has 3 nitrogen and oxygen atoms in total. The first-order valence-electron chi connectivity index (χ1n) is 6.95. The molecule has 0 aliphatic heterocycles. The van der Waals surface area contributed by atoms with Crippen LogP contribution in [0.5, 0.6) is 5.75 Å². The van der Waals surface area contributed by atoms with Crippen LogP contribution in [0.2, 0.25) is 0 Å². The van der Waals surface area contributed by atoms with Crippen molar-refractivity contribution in [1.82, 2.24) is 9.97 Å². The molecule has 1 N–H and O–H groups in total. The predicted octanol–water partition coefficient (Wildman–Crippen LogP) is 4.89. The number of phenolic OH excluding ortho intramolecular Hbond substituents is 1. The summed E-state index contributed by atoms with van der Waals surface area (Å²) in [7, 11) is 0. The molecule has 3 aromatic rings. The third-order valence-corrected chi connectivity index (χ3v) is 4.26. The summed E-state index contributed by atoms with van der Waals surface area (Å²) >= 11 is 3.42. The van der Waals surface area contributed by atoms with E-state index in [0.717, 1.165) is 32.4 Å². The van der Waals surface area contributed by atoms with Gasteiger partial charge in [0.25, 0.3) is 0 Å². The van der Waals surface area contributed by atoms with Crippen molar-refractivity contribution in [3.8, 4) is 5.75 Å². The highest BCUT2D eigenvalue weighted by Crippen LogP contribution is 2.30. The fraction of sp³-hybridized carbons (Fsp3) is 0.111. The van der Waals surface area contributed by atoms with E-state index >= 15 is 0 Å². The van der Waals surface area contributed by atoms with Crippen LogP contribution in [0, 0.1) is 13.8 Å². The Kier molecular flexibility index (Phi) is 3.94. The first-order chi connectivity index (χ1) is 10.6. The van der Waals surface area contributed by atoms with E-state index in [1.165, 1.54) is 0 Å². The Bertz CT molecular complexity index is 888. The minimum Gasteiger partial charge on any atom is -0.505 e. The van der Waals surface area contributed by atoms with Crippen LogP contribution in [0.3, 0.4) is 0 Å². The molecule has 0 radical (unpaired) electrons. The number of phenols is 1. The minimum atomic E-state index is 0.249. The van der Waals surface area contributed by atoms with Crippen molar-refractivity contribution in [1.29, 1.82) is 0 Å². The highest BCUT2D eigenvalue weighted by atomic mass is 79.9. The third-order valence-electron chi connectivity index (χ3n) is 3.59. The summed E-state index contributed by atoms with van der Waals surface area (Å²) in [4.78, 5) is 8.75. The van der Waals surface area contributed by atoms with Crippen LogP contribution in [-0.4, -0.2) is 15.1 Å². The number of aryl methyl sites for hydroxylation is 2. The number of aromatic hydroxyl groups is 1. The molecule has 110 valence electrons. The number of rotatable bonds is 2. The first-order valence-corrected chi connectivity index (χ1v) is 7.74. The molecule has 0 saturated heterocycles. The fourth-order valence-electron chi connectivity index (χ4n) is 2.42. The van der Waals surface area contributed by atoms with Crippen LogP contribution in [-0.2, 0) is 0 Å². The van der Waals surface area contributed by atoms with Gasteiger partial charge in [-0.15, -0.1) is 0 Å². The van der Waals surface area contributed by atoms with Gasteiger partial charge in [-0.25, -0.2) is 9.97 Å². The molecule has 0 aliphatic rings. The van der Waals surface area contributed by atoms with Gasteiger partial charge in [0.1, 0.15) is 15.9 Å². The average molecular weight is 355 g/mol. The van der Waals surface area contributed by atoms with E-state index in [4.69, 9.17) is 0 Å². The summed E-state index contributed by atoms with van der Waals surface area (Å²) < 4.78 is 0.793. The van der Waals surface area contributed by atoms with Crippen molar-refractivity contribution in [2.45, 2.75) is 13.8 Å². The van der Waals surface area contributed by atoms with Gasteiger partial charge in [0.2, 0.25) is 0 Å². The van der Waals surface area contributed by atoms with Gasteiger partial charge in [-0.3, -0.25) is 0 Å². The molecule has 0 bridgehead atoms. The van der Waals surface area contributed by atoms with Crippen LogP contribution in [0.15, 0.2) is 41.1 Å². The van der Waals surface area contributed by atoms with Crippen LogP contribution in [0.25, 0.3) is 23.1 Å². The Morgan fingerprint density at radius 2 is 1.91 bits per heavy atom. The van der Waals surface area contributed by atoms with Crippen molar-refractivity contribution >= 4 is 39.0 Å². The highest BCUT2D eigenvalue weighted by molar-refractivity contribution is 9.10. The normalized spacial score (nSPS) is 11.4. The smallest absolute Gasteiger partial charge is 0.144 e. The summed E-state index contributed by atoms with van der Waals surface area (Å²) in [5.74, 6) is 0.249. The van der Waals surface area contributed by atoms with E-state index < -0.39 is 0 Å². The Morgan fingerprint density at radius 1 is 1.09 bits per heavy atom. The van der Waals surface area contributed by atoms with Crippen molar-refractivity contribution in [2.24, 2.45) is 0 Å². The molecule has 0 saturated carbocycles. The summed E-state index contributed by atoms with van der Waals surface area (Å²) in [5.41, 5.74) is 4.37. The lowest BCUT2D eigenvalue weighted by atomic mass is 10.0. The number of benzene rings is 1. The van der Waals surface area contributed by atoms with E-state index in [1.54, 1.807) is 6.20 Å². The summed E-state index contributed by atoms with van der Waals surface area (Å²) in [6, 6.07) is 9.78. The van der Waals surface area contributed by atoms with E-state index in [0.29, 0.717) is 5.52 Å². The van der Waals surface area contributed by atoms with Crippen molar-refractivity contribution < 1.29 is 5.11 Å². The topological polar surface area (TPSA) is 46.0 Å². The zero-order chi connectivity index (χ0) is 15.7. The SMILES string of the molecule is Cc1cc(C)c2ccc(C=Cc3cccnc3Br)nc2c1O. The first kappa shape index (κ1) is 14.7. The second-order valence-electron chi connectivity index (χ2n) is 5.21. The number of hydrogen-bond donors (Lipinski definition) is 1. The highest BCUT2D eigenvalue weighted by Gasteiger charge is 2.08. The number of hydrogen-bond acceptors (Lipinski definition) is 3. The molecular weight excluding hydrogens is 340 g/mol. The maximum Gasteiger partial charge on any atom is 0.144 e. The third kappa shape index (κ3) is 2.74. The summed E-state index contributed by atoms with van der Waals surface area (Å²) in [6.45, 7) is 3.91. The lowest BCUT2D eigenvalue weighted by Crippen LogP contribution is -1.89. The van der Waals surface area contributed by atoms with Gasteiger partial charge in [-0.2, -0.15) is 0 Å². The Balaban J connectivity index is 2.06. The van der Waals surface area contributed by atoms with Gasteiger partial charge in [-0.05, 0) is 59.1 Å². The van der Waals surface area contributed by atoms with E-state index in [9.17, 15) is 5.11 Å². The molecule has 0 fully saturated rings.